The number of aryl methyl sites for hydroxylation is 1. The number of phenolic OH excluding ortho intramolecular Hbond substituents is 1. The van der Waals surface area contributed by atoms with Crippen molar-refractivity contribution in [1.82, 2.24) is 4.90 Å². The summed E-state index contributed by atoms with van der Waals surface area (Å²) in [6.07, 6.45) is 0.0392. The van der Waals surface area contributed by atoms with Crippen LogP contribution in [0.1, 0.15) is 55.5 Å². The number of Topliss-reactive ketones (excluding diaryl/α,β-unsaturated/α-hetero) is 3. The summed E-state index contributed by atoms with van der Waals surface area (Å²) in [5, 5.41) is 10.7. The number of aromatic hydroxyl groups is 1. The maximum absolute atomic E-state index is 12.9. The second-order valence-electron chi connectivity index (χ2n) is 8.93. The Hall–Kier alpha value is -2.78. The summed E-state index contributed by atoms with van der Waals surface area (Å²) >= 11 is 0. The molecule has 2 atom stereocenters. The number of benzene rings is 1. The van der Waals surface area contributed by atoms with Crippen molar-refractivity contribution >= 4 is 23.3 Å². The average Bonchev–Trinajstić information content (AvgIpc) is 2.81. The molecule has 3 rings (SSSR count). The number of esters is 1. The second kappa shape index (κ2) is 12.1. The Balaban J connectivity index is 1.79. The minimum Gasteiger partial charge on any atom is -0.507 e. The molecule has 2 aliphatic rings. The topological polar surface area (TPSA) is 119 Å². The van der Waals surface area contributed by atoms with Crippen LogP contribution in [0, 0.1) is 5.92 Å². The van der Waals surface area contributed by atoms with Crippen LogP contribution in [0.25, 0.3) is 0 Å². The highest BCUT2D eigenvalue weighted by atomic mass is 16.5. The lowest BCUT2D eigenvalue weighted by molar-refractivity contribution is -0.144. The van der Waals surface area contributed by atoms with E-state index < -0.39 is 29.4 Å². The molecule has 0 spiro atoms. The van der Waals surface area contributed by atoms with Crippen LogP contribution >= 0.6 is 0 Å². The van der Waals surface area contributed by atoms with Gasteiger partial charge < -0.3 is 19.3 Å². The number of hydrogen-bond donors (Lipinski definition) is 1. The zero-order chi connectivity index (χ0) is 24.7. The van der Waals surface area contributed by atoms with Gasteiger partial charge in [-0.15, -0.1) is 0 Å². The van der Waals surface area contributed by atoms with E-state index in [0.717, 1.165) is 13.1 Å². The first-order chi connectivity index (χ1) is 16.3. The standard InChI is InChI=1S/C25H33NO8/c1-16-6-7-21(28)24(30)20(27)5-3-4-18-14-19(33-13-10-26-8-11-32-12-9-26)15-22(29)23(18)25(31)34-17(16)2/h14-17,29H,3-13H2,1-2H3/t16-,17-/m0/s1. The SMILES string of the molecule is C[C@@H]1OC(=O)c2c(O)cc(OCCN3CCOCC3)cc2CCCC(=O)C(=O)C(=O)CC[C@@H]1C. The van der Waals surface area contributed by atoms with Crippen LogP contribution < -0.4 is 4.74 Å². The van der Waals surface area contributed by atoms with E-state index in [0.29, 0.717) is 44.1 Å². The van der Waals surface area contributed by atoms with E-state index in [-0.39, 0.29) is 42.9 Å². The molecule has 1 N–H and O–H groups in total. The number of ether oxygens (including phenoxy) is 3. The van der Waals surface area contributed by atoms with Crippen molar-refractivity contribution < 1.29 is 38.5 Å². The van der Waals surface area contributed by atoms with Crippen LogP contribution in [0.5, 0.6) is 11.5 Å². The first-order valence-electron chi connectivity index (χ1n) is 11.9. The van der Waals surface area contributed by atoms with Gasteiger partial charge in [-0.25, -0.2) is 4.79 Å². The normalized spacial score (nSPS) is 23.7. The van der Waals surface area contributed by atoms with Crippen molar-refractivity contribution in [3.8, 4) is 11.5 Å². The lowest BCUT2D eigenvalue weighted by atomic mass is 9.94. The quantitative estimate of drug-likeness (QED) is 0.516. The van der Waals surface area contributed by atoms with Gasteiger partial charge in [0.2, 0.25) is 11.6 Å². The molecule has 186 valence electrons. The number of carbonyl (C=O) groups excluding carboxylic acids is 4. The fourth-order valence-electron chi connectivity index (χ4n) is 4.05. The Bertz CT molecular complexity index is 922. The maximum Gasteiger partial charge on any atom is 0.342 e. The first-order valence-corrected chi connectivity index (χ1v) is 11.9. The minimum absolute atomic E-state index is 0.0338. The summed E-state index contributed by atoms with van der Waals surface area (Å²) in [4.78, 5) is 51.5. The predicted molar refractivity (Wildman–Crippen MR) is 122 cm³/mol. The van der Waals surface area contributed by atoms with E-state index >= 15 is 0 Å². The highest BCUT2D eigenvalue weighted by molar-refractivity contribution is 6.63. The number of nitrogens with zero attached hydrogens (tertiary/aromatic N) is 1. The zero-order valence-corrected chi connectivity index (χ0v) is 19.8. The Morgan fingerprint density at radius 1 is 1.03 bits per heavy atom. The largest absolute Gasteiger partial charge is 0.507 e. The fraction of sp³-hybridized carbons (Fsp3) is 0.600. The van der Waals surface area contributed by atoms with Gasteiger partial charge in [-0.3, -0.25) is 19.3 Å². The van der Waals surface area contributed by atoms with Crippen molar-refractivity contribution in [2.24, 2.45) is 5.92 Å². The van der Waals surface area contributed by atoms with Crippen LogP contribution in [-0.4, -0.2) is 78.9 Å². The molecule has 1 aromatic carbocycles. The van der Waals surface area contributed by atoms with Gasteiger partial charge in [-0.2, -0.15) is 0 Å². The van der Waals surface area contributed by atoms with Gasteiger partial charge in [0.1, 0.15) is 29.8 Å². The summed E-state index contributed by atoms with van der Waals surface area (Å²) < 4.78 is 16.7. The van der Waals surface area contributed by atoms with Gasteiger partial charge in [-0.05, 0) is 43.7 Å². The second-order valence-corrected chi connectivity index (χ2v) is 8.93. The molecule has 34 heavy (non-hydrogen) atoms. The molecule has 0 aromatic heterocycles. The van der Waals surface area contributed by atoms with Gasteiger partial charge in [0.15, 0.2) is 0 Å². The molecule has 2 heterocycles. The fourth-order valence-corrected chi connectivity index (χ4v) is 4.05. The molecule has 0 unspecified atom stereocenters. The van der Waals surface area contributed by atoms with E-state index in [2.05, 4.69) is 4.90 Å². The number of hydrogen-bond acceptors (Lipinski definition) is 9. The van der Waals surface area contributed by atoms with Crippen molar-refractivity contribution in [3.05, 3.63) is 23.3 Å². The average molecular weight is 476 g/mol. The maximum atomic E-state index is 12.9. The summed E-state index contributed by atoms with van der Waals surface area (Å²) in [6.45, 7) is 7.63. The lowest BCUT2D eigenvalue weighted by Gasteiger charge is -2.26. The molecule has 1 saturated heterocycles. The number of fused-ring (bicyclic) bond motifs is 1. The molecule has 9 nitrogen and oxygen atoms in total. The van der Waals surface area contributed by atoms with E-state index in [4.69, 9.17) is 14.2 Å². The number of morpholine rings is 1. The predicted octanol–water partition coefficient (Wildman–Crippen LogP) is 2.11. The number of ketones is 3. The van der Waals surface area contributed by atoms with E-state index in [9.17, 15) is 24.3 Å². The molecular weight excluding hydrogens is 442 g/mol. The number of phenols is 1. The molecule has 0 amide bonds. The van der Waals surface area contributed by atoms with Gasteiger partial charge >= 0.3 is 5.97 Å². The molecule has 1 fully saturated rings. The highest BCUT2D eigenvalue weighted by Gasteiger charge is 2.28. The molecule has 1 aromatic rings. The lowest BCUT2D eigenvalue weighted by Crippen LogP contribution is -2.38. The molecule has 9 heteroatoms. The zero-order valence-electron chi connectivity index (χ0n) is 19.8. The third-order valence-corrected chi connectivity index (χ3v) is 6.43. The van der Waals surface area contributed by atoms with Crippen molar-refractivity contribution in [2.45, 2.75) is 52.1 Å². The Morgan fingerprint density at radius 2 is 1.74 bits per heavy atom. The molecule has 0 saturated carbocycles. The minimum atomic E-state index is -0.975. The van der Waals surface area contributed by atoms with Crippen LogP contribution in [0.2, 0.25) is 0 Å². The highest BCUT2D eigenvalue weighted by Crippen LogP contribution is 2.31. The Labute approximate surface area is 199 Å². The third-order valence-electron chi connectivity index (χ3n) is 6.43. The number of rotatable bonds is 4. The van der Waals surface area contributed by atoms with E-state index in [1.807, 2.05) is 0 Å². The van der Waals surface area contributed by atoms with Crippen molar-refractivity contribution in [3.63, 3.8) is 0 Å². The van der Waals surface area contributed by atoms with Gasteiger partial charge in [0.25, 0.3) is 5.78 Å². The van der Waals surface area contributed by atoms with Crippen LogP contribution in [-0.2, 0) is 30.3 Å². The molecular formula is C25H33NO8. The van der Waals surface area contributed by atoms with Crippen molar-refractivity contribution in [1.29, 1.82) is 0 Å². The monoisotopic (exact) mass is 475 g/mol. The summed E-state index contributed by atoms with van der Waals surface area (Å²) in [5.74, 6) is -3.15. The molecule has 0 aliphatic carbocycles. The van der Waals surface area contributed by atoms with Crippen LogP contribution in [0.15, 0.2) is 12.1 Å². The van der Waals surface area contributed by atoms with Crippen LogP contribution in [0.3, 0.4) is 0 Å². The van der Waals surface area contributed by atoms with E-state index in [1.54, 1.807) is 19.9 Å². The van der Waals surface area contributed by atoms with E-state index in [1.165, 1.54) is 6.07 Å². The van der Waals surface area contributed by atoms with Gasteiger partial charge in [-0.1, -0.05) is 6.92 Å². The Kier molecular flexibility index (Phi) is 9.18. The summed E-state index contributed by atoms with van der Waals surface area (Å²) in [7, 11) is 0. The summed E-state index contributed by atoms with van der Waals surface area (Å²) in [6, 6.07) is 3.05. The molecule has 0 bridgehead atoms. The summed E-state index contributed by atoms with van der Waals surface area (Å²) in [5.41, 5.74) is 0.501. The Morgan fingerprint density at radius 3 is 2.47 bits per heavy atom. The van der Waals surface area contributed by atoms with Gasteiger partial charge in [0, 0.05) is 38.5 Å². The first kappa shape index (κ1) is 25.8. The number of carbonyl (C=O) groups is 4. The molecule has 2 aliphatic heterocycles. The molecule has 0 radical (unpaired) electrons. The van der Waals surface area contributed by atoms with Crippen molar-refractivity contribution in [2.75, 3.05) is 39.5 Å². The van der Waals surface area contributed by atoms with Gasteiger partial charge in [0.05, 0.1) is 13.2 Å². The third kappa shape index (κ3) is 6.87. The van der Waals surface area contributed by atoms with Crippen LogP contribution in [0.4, 0.5) is 0 Å². The smallest absolute Gasteiger partial charge is 0.342 e. The number of cyclic esters (lactones) is 1.